The van der Waals surface area contributed by atoms with E-state index in [1.54, 1.807) is 18.2 Å². The second-order valence-corrected chi connectivity index (χ2v) is 5.04. The largest absolute Gasteiger partial charge is 0.478 e. The number of pyridine rings is 2. The number of anilines is 1. The molecule has 2 heterocycles. The van der Waals surface area contributed by atoms with E-state index < -0.39 is 0 Å². The normalized spacial score (nSPS) is 10.2. The third kappa shape index (κ3) is 3.68. The summed E-state index contributed by atoms with van der Waals surface area (Å²) in [5, 5.41) is 2.84. The highest BCUT2D eigenvalue weighted by Gasteiger charge is 2.12. The highest BCUT2D eigenvalue weighted by molar-refractivity contribution is 9.10. The summed E-state index contributed by atoms with van der Waals surface area (Å²) in [5.41, 5.74) is 0.837. The molecule has 5 nitrogen and oxygen atoms in total. The van der Waals surface area contributed by atoms with Gasteiger partial charge >= 0.3 is 0 Å². The SMILES string of the molecule is CCOc1ccc(NC(=O)c2cc(Br)cnc2Cl)cn1. The van der Waals surface area contributed by atoms with E-state index in [9.17, 15) is 4.79 Å². The number of carbonyl (C=O) groups excluding carboxylic acids is 1. The standard InChI is InChI=1S/C13H11BrClN3O2/c1-2-20-11-4-3-9(7-16-11)18-13(19)10-5-8(14)6-17-12(10)15/h3-7H,2H2,1H3,(H,18,19). The molecule has 0 aliphatic rings. The summed E-state index contributed by atoms with van der Waals surface area (Å²) in [7, 11) is 0. The predicted octanol–water partition coefficient (Wildman–Crippen LogP) is 3.54. The molecular weight excluding hydrogens is 346 g/mol. The second-order valence-electron chi connectivity index (χ2n) is 3.76. The molecule has 0 bridgehead atoms. The van der Waals surface area contributed by atoms with Gasteiger partial charge in [0.1, 0.15) is 5.15 Å². The summed E-state index contributed by atoms with van der Waals surface area (Å²) in [5.74, 6) is 0.155. The monoisotopic (exact) mass is 355 g/mol. The maximum absolute atomic E-state index is 12.1. The van der Waals surface area contributed by atoms with E-state index in [1.165, 1.54) is 12.4 Å². The minimum atomic E-state index is -0.352. The Morgan fingerprint density at radius 1 is 1.40 bits per heavy atom. The molecule has 0 unspecified atom stereocenters. The van der Waals surface area contributed by atoms with E-state index in [2.05, 4.69) is 31.2 Å². The molecule has 7 heteroatoms. The molecule has 2 aromatic rings. The van der Waals surface area contributed by atoms with E-state index in [4.69, 9.17) is 16.3 Å². The lowest BCUT2D eigenvalue weighted by Crippen LogP contribution is -2.13. The fraction of sp³-hybridized carbons (Fsp3) is 0.154. The molecule has 1 N–H and O–H groups in total. The average Bonchev–Trinajstić information content (AvgIpc) is 2.44. The number of rotatable bonds is 4. The number of hydrogen-bond acceptors (Lipinski definition) is 4. The lowest BCUT2D eigenvalue weighted by Gasteiger charge is -2.07. The van der Waals surface area contributed by atoms with E-state index >= 15 is 0 Å². The molecule has 20 heavy (non-hydrogen) atoms. The molecule has 0 aromatic carbocycles. The van der Waals surface area contributed by atoms with Crippen molar-refractivity contribution < 1.29 is 9.53 Å². The maximum Gasteiger partial charge on any atom is 0.258 e. The van der Waals surface area contributed by atoms with Gasteiger partial charge in [0.25, 0.3) is 5.91 Å². The molecule has 0 fully saturated rings. The van der Waals surface area contributed by atoms with Gasteiger partial charge in [0.2, 0.25) is 5.88 Å². The Balaban J connectivity index is 2.13. The quantitative estimate of drug-likeness (QED) is 0.851. The van der Waals surface area contributed by atoms with Gasteiger partial charge in [0.15, 0.2) is 0 Å². The van der Waals surface area contributed by atoms with Crippen LogP contribution in [0.1, 0.15) is 17.3 Å². The van der Waals surface area contributed by atoms with Gasteiger partial charge in [0, 0.05) is 16.7 Å². The first-order chi connectivity index (χ1) is 9.60. The minimum absolute atomic E-state index is 0.143. The molecule has 0 aliphatic heterocycles. The molecule has 0 spiro atoms. The van der Waals surface area contributed by atoms with Gasteiger partial charge in [-0.05, 0) is 35.0 Å². The molecule has 0 saturated carbocycles. The van der Waals surface area contributed by atoms with Crippen LogP contribution >= 0.6 is 27.5 Å². The number of ether oxygens (including phenoxy) is 1. The van der Waals surface area contributed by atoms with Crippen LogP contribution < -0.4 is 10.1 Å². The van der Waals surface area contributed by atoms with Crippen LogP contribution in [0.5, 0.6) is 5.88 Å². The topological polar surface area (TPSA) is 64.1 Å². The van der Waals surface area contributed by atoms with E-state index in [1.807, 2.05) is 6.92 Å². The van der Waals surface area contributed by atoms with Gasteiger partial charge in [-0.25, -0.2) is 9.97 Å². The molecule has 0 aliphatic carbocycles. The molecule has 0 saturated heterocycles. The zero-order valence-electron chi connectivity index (χ0n) is 10.6. The maximum atomic E-state index is 12.1. The number of nitrogens with zero attached hydrogens (tertiary/aromatic N) is 2. The molecule has 1 amide bonds. The van der Waals surface area contributed by atoms with Crippen molar-refractivity contribution in [2.45, 2.75) is 6.92 Å². The van der Waals surface area contributed by atoms with Gasteiger partial charge in [0.05, 0.1) is 24.1 Å². The van der Waals surface area contributed by atoms with Crippen molar-refractivity contribution in [2.24, 2.45) is 0 Å². The summed E-state index contributed by atoms with van der Waals surface area (Å²) >= 11 is 9.14. The number of hydrogen-bond donors (Lipinski definition) is 1. The van der Waals surface area contributed by atoms with Gasteiger partial charge in [-0.1, -0.05) is 11.6 Å². The van der Waals surface area contributed by atoms with Crippen LogP contribution in [0.3, 0.4) is 0 Å². The number of halogens is 2. The zero-order chi connectivity index (χ0) is 14.5. The Labute approximate surface area is 129 Å². The van der Waals surface area contributed by atoms with Gasteiger partial charge in [-0.2, -0.15) is 0 Å². The zero-order valence-corrected chi connectivity index (χ0v) is 12.9. The van der Waals surface area contributed by atoms with Crippen molar-refractivity contribution >= 4 is 39.1 Å². The van der Waals surface area contributed by atoms with Crippen molar-refractivity contribution in [2.75, 3.05) is 11.9 Å². The van der Waals surface area contributed by atoms with Crippen LogP contribution in [0.2, 0.25) is 5.15 Å². The van der Waals surface area contributed by atoms with Crippen molar-refractivity contribution in [3.05, 3.63) is 45.8 Å². The van der Waals surface area contributed by atoms with E-state index in [-0.39, 0.29) is 16.6 Å². The number of amides is 1. The smallest absolute Gasteiger partial charge is 0.258 e. The number of carbonyl (C=O) groups is 1. The highest BCUT2D eigenvalue weighted by Crippen LogP contribution is 2.20. The minimum Gasteiger partial charge on any atom is -0.478 e. The summed E-state index contributed by atoms with van der Waals surface area (Å²) in [4.78, 5) is 20.0. The molecule has 2 rings (SSSR count). The Bertz CT molecular complexity index is 620. The van der Waals surface area contributed by atoms with Gasteiger partial charge in [-0.15, -0.1) is 0 Å². The van der Waals surface area contributed by atoms with Crippen LogP contribution in [-0.2, 0) is 0 Å². The molecule has 0 radical (unpaired) electrons. The Hall–Kier alpha value is -1.66. The first-order valence-corrected chi connectivity index (χ1v) is 6.98. The molecule has 2 aromatic heterocycles. The van der Waals surface area contributed by atoms with Crippen molar-refractivity contribution in [3.63, 3.8) is 0 Å². The Morgan fingerprint density at radius 2 is 2.20 bits per heavy atom. The summed E-state index contributed by atoms with van der Waals surface area (Å²) in [6, 6.07) is 4.99. The van der Waals surface area contributed by atoms with E-state index in [0.717, 1.165) is 0 Å². The van der Waals surface area contributed by atoms with Crippen LogP contribution in [0.15, 0.2) is 35.1 Å². The van der Waals surface area contributed by atoms with Crippen molar-refractivity contribution in [3.8, 4) is 5.88 Å². The third-order valence-electron chi connectivity index (χ3n) is 2.34. The molecule has 104 valence electrons. The Kier molecular flexibility index (Phi) is 4.92. The lowest BCUT2D eigenvalue weighted by molar-refractivity contribution is 0.102. The molecular formula is C13H11BrClN3O2. The second kappa shape index (κ2) is 6.67. The Morgan fingerprint density at radius 3 is 2.85 bits per heavy atom. The third-order valence-corrected chi connectivity index (χ3v) is 3.07. The van der Waals surface area contributed by atoms with Crippen LogP contribution in [0, 0.1) is 0 Å². The summed E-state index contributed by atoms with van der Waals surface area (Å²) in [6.45, 7) is 2.41. The summed E-state index contributed by atoms with van der Waals surface area (Å²) < 4.78 is 5.90. The number of aromatic nitrogens is 2. The van der Waals surface area contributed by atoms with Crippen LogP contribution in [0.4, 0.5) is 5.69 Å². The lowest BCUT2D eigenvalue weighted by atomic mass is 10.2. The van der Waals surface area contributed by atoms with Crippen LogP contribution in [0.25, 0.3) is 0 Å². The molecule has 0 atom stereocenters. The first-order valence-electron chi connectivity index (χ1n) is 5.81. The fourth-order valence-electron chi connectivity index (χ4n) is 1.47. The fourth-order valence-corrected chi connectivity index (χ4v) is 1.99. The highest BCUT2D eigenvalue weighted by atomic mass is 79.9. The first kappa shape index (κ1) is 14.7. The summed E-state index contributed by atoms with van der Waals surface area (Å²) in [6.07, 6.45) is 3.04. The van der Waals surface area contributed by atoms with Crippen molar-refractivity contribution in [1.29, 1.82) is 0 Å². The van der Waals surface area contributed by atoms with Crippen molar-refractivity contribution in [1.82, 2.24) is 9.97 Å². The predicted molar refractivity (Wildman–Crippen MR) is 80.3 cm³/mol. The van der Waals surface area contributed by atoms with E-state index in [0.29, 0.717) is 22.6 Å². The van der Waals surface area contributed by atoms with Gasteiger partial charge in [-0.3, -0.25) is 4.79 Å². The average molecular weight is 357 g/mol. The van der Waals surface area contributed by atoms with Gasteiger partial charge < -0.3 is 10.1 Å². The number of nitrogens with one attached hydrogen (secondary N) is 1. The van der Waals surface area contributed by atoms with Crippen LogP contribution in [-0.4, -0.2) is 22.5 Å².